The fourth-order valence-corrected chi connectivity index (χ4v) is 1.86. The number of nitrogens with one attached hydrogen (secondary N) is 1. The molecule has 1 N–H and O–H groups in total. The number of aryl methyl sites for hydroxylation is 1. The van der Waals surface area contributed by atoms with E-state index in [1.54, 1.807) is 12.1 Å². The van der Waals surface area contributed by atoms with Crippen LogP contribution in [0.15, 0.2) is 30.5 Å². The Labute approximate surface area is 120 Å². The molecule has 0 bridgehead atoms. The van der Waals surface area contributed by atoms with Gasteiger partial charge in [0.1, 0.15) is 16.7 Å². The van der Waals surface area contributed by atoms with Gasteiger partial charge in [0.05, 0.1) is 24.6 Å². The number of rotatable bonds is 3. The lowest BCUT2D eigenvalue weighted by atomic mass is 10.2. The second kappa shape index (κ2) is 5.88. The normalized spacial score (nSPS) is 10.2. The van der Waals surface area contributed by atoms with Gasteiger partial charge in [-0.05, 0) is 30.7 Å². The topological polar surface area (TPSA) is 51.2 Å². The molecule has 20 heavy (non-hydrogen) atoms. The average Bonchev–Trinajstić information content (AvgIpc) is 2.43. The van der Waals surface area contributed by atoms with Crippen LogP contribution in [0.1, 0.15) is 15.9 Å². The number of carbonyl (C=O) groups is 1. The zero-order chi connectivity index (χ0) is 14.7. The first-order valence-electron chi connectivity index (χ1n) is 5.78. The molecule has 1 heterocycles. The average molecular weight is 295 g/mol. The minimum Gasteiger partial charge on any atom is -0.495 e. The second-order valence-corrected chi connectivity index (χ2v) is 4.51. The van der Waals surface area contributed by atoms with Crippen molar-refractivity contribution in [2.75, 3.05) is 12.4 Å². The zero-order valence-corrected chi connectivity index (χ0v) is 11.7. The van der Waals surface area contributed by atoms with Gasteiger partial charge in [0, 0.05) is 0 Å². The van der Waals surface area contributed by atoms with Crippen molar-refractivity contribution < 1.29 is 13.9 Å². The number of aromatic nitrogens is 1. The molecule has 6 heteroatoms. The summed E-state index contributed by atoms with van der Waals surface area (Å²) < 4.78 is 18.3. The molecule has 0 aliphatic rings. The van der Waals surface area contributed by atoms with Gasteiger partial charge in [-0.2, -0.15) is 0 Å². The number of carbonyl (C=O) groups excluding carboxylic acids is 1. The molecule has 0 saturated carbocycles. The molecule has 2 aromatic rings. The molecule has 0 fully saturated rings. The minimum absolute atomic E-state index is 0.0331. The van der Waals surface area contributed by atoms with Crippen molar-refractivity contribution in [1.82, 2.24) is 4.98 Å². The van der Waals surface area contributed by atoms with Crippen LogP contribution in [0.2, 0.25) is 5.15 Å². The third kappa shape index (κ3) is 3.05. The Balaban J connectivity index is 2.30. The van der Waals surface area contributed by atoms with Crippen molar-refractivity contribution in [1.29, 1.82) is 0 Å². The summed E-state index contributed by atoms with van der Waals surface area (Å²) in [4.78, 5) is 15.7. The van der Waals surface area contributed by atoms with E-state index in [1.165, 1.54) is 7.11 Å². The maximum atomic E-state index is 13.1. The van der Waals surface area contributed by atoms with E-state index in [4.69, 9.17) is 16.3 Å². The summed E-state index contributed by atoms with van der Waals surface area (Å²) in [6.07, 6.45) is 0.950. The molecule has 0 aliphatic heterocycles. The lowest BCUT2D eigenvalue weighted by Gasteiger charge is -2.11. The number of ether oxygens (including phenoxy) is 1. The fraction of sp³-hybridized carbons (Fsp3) is 0.143. The molecule has 1 amide bonds. The molecule has 0 unspecified atom stereocenters. The van der Waals surface area contributed by atoms with Gasteiger partial charge < -0.3 is 10.1 Å². The quantitative estimate of drug-likeness (QED) is 0.882. The highest BCUT2D eigenvalue weighted by Gasteiger charge is 2.15. The molecular weight excluding hydrogens is 283 g/mol. The third-order valence-corrected chi connectivity index (χ3v) is 2.96. The highest BCUT2D eigenvalue weighted by Crippen LogP contribution is 2.26. The number of methoxy groups -OCH3 is 1. The maximum absolute atomic E-state index is 13.1. The molecule has 0 atom stereocenters. The predicted octanol–water partition coefficient (Wildman–Crippen LogP) is 3.44. The number of halogens is 2. The number of hydrogen-bond donors (Lipinski definition) is 1. The first kappa shape index (κ1) is 14.3. The van der Waals surface area contributed by atoms with E-state index >= 15 is 0 Å². The van der Waals surface area contributed by atoms with Crippen LogP contribution in [0.5, 0.6) is 5.75 Å². The van der Waals surface area contributed by atoms with Gasteiger partial charge in [-0.1, -0.05) is 17.7 Å². The largest absolute Gasteiger partial charge is 0.495 e. The van der Waals surface area contributed by atoms with Gasteiger partial charge in [-0.3, -0.25) is 4.79 Å². The SMILES string of the molecule is COc1cc(C)ccc1NC(=O)c1cc(F)cnc1Cl. The maximum Gasteiger partial charge on any atom is 0.259 e. The van der Waals surface area contributed by atoms with Crippen LogP contribution in [0, 0.1) is 12.7 Å². The molecular formula is C14H12ClFN2O2. The summed E-state index contributed by atoms with van der Waals surface area (Å²) in [6, 6.07) is 6.34. The van der Waals surface area contributed by atoms with E-state index in [0.29, 0.717) is 11.4 Å². The molecule has 0 aliphatic carbocycles. The number of amides is 1. The predicted molar refractivity (Wildman–Crippen MR) is 74.9 cm³/mol. The van der Waals surface area contributed by atoms with E-state index in [9.17, 15) is 9.18 Å². The number of pyridine rings is 1. The smallest absolute Gasteiger partial charge is 0.259 e. The highest BCUT2D eigenvalue weighted by atomic mass is 35.5. The number of benzene rings is 1. The Morgan fingerprint density at radius 2 is 2.15 bits per heavy atom. The van der Waals surface area contributed by atoms with Crippen LogP contribution in [-0.4, -0.2) is 18.0 Å². The minimum atomic E-state index is -0.629. The van der Waals surface area contributed by atoms with Crippen molar-refractivity contribution in [3.63, 3.8) is 0 Å². The van der Waals surface area contributed by atoms with Crippen molar-refractivity contribution in [3.8, 4) is 5.75 Å². The van der Waals surface area contributed by atoms with Crippen LogP contribution in [0.3, 0.4) is 0 Å². The molecule has 104 valence electrons. The van der Waals surface area contributed by atoms with Crippen LogP contribution in [0.4, 0.5) is 10.1 Å². The van der Waals surface area contributed by atoms with Crippen molar-refractivity contribution in [2.24, 2.45) is 0 Å². The lowest BCUT2D eigenvalue weighted by molar-refractivity contribution is 0.102. The van der Waals surface area contributed by atoms with Crippen molar-refractivity contribution in [3.05, 3.63) is 52.6 Å². The third-order valence-electron chi connectivity index (χ3n) is 2.66. The number of nitrogens with zero attached hydrogens (tertiary/aromatic N) is 1. The summed E-state index contributed by atoms with van der Waals surface area (Å²) in [5.74, 6) is -0.668. The Morgan fingerprint density at radius 3 is 2.85 bits per heavy atom. The van der Waals surface area contributed by atoms with Crippen LogP contribution in [0.25, 0.3) is 0 Å². The molecule has 1 aromatic heterocycles. The molecule has 0 saturated heterocycles. The number of hydrogen-bond acceptors (Lipinski definition) is 3. The van der Waals surface area contributed by atoms with Crippen molar-refractivity contribution in [2.45, 2.75) is 6.92 Å². The Kier molecular flexibility index (Phi) is 4.20. The van der Waals surface area contributed by atoms with Gasteiger partial charge in [-0.25, -0.2) is 9.37 Å². The van der Waals surface area contributed by atoms with Crippen LogP contribution >= 0.6 is 11.6 Å². The molecule has 0 spiro atoms. The summed E-state index contributed by atoms with van der Waals surface area (Å²) in [6.45, 7) is 1.90. The van der Waals surface area contributed by atoms with E-state index in [0.717, 1.165) is 17.8 Å². The highest BCUT2D eigenvalue weighted by molar-refractivity contribution is 6.33. The summed E-state index contributed by atoms with van der Waals surface area (Å²) >= 11 is 5.79. The Hall–Kier alpha value is -2.14. The molecule has 0 radical (unpaired) electrons. The monoisotopic (exact) mass is 294 g/mol. The van der Waals surface area contributed by atoms with Gasteiger partial charge in [-0.15, -0.1) is 0 Å². The lowest BCUT2D eigenvalue weighted by Crippen LogP contribution is -2.14. The van der Waals surface area contributed by atoms with Gasteiger partial charge in [0.2, 0.25) is 0 Å². The van der Waals surface area contributed by atoms with E-state index in [2.05, 4.69) is 10.3 Å². The Bertz CT molecular complexity index is 662. The summed E-state index contributed by atoms with van der Waals surface area (Å²) in [7, 11) is 1.50. The van der Waals surface area contributed by atoms with E-state index < -0.39 is 11.7 Å². The standard InChI is InChI=1S/C14H12ClFN2O2/c1-8-3-4-11(12(5-8)20-2)18-14(19)10-6-9(16)7-17-13(10)15/h3-7H,1-2H3,(H,18,19). The van der Waals surface area contributed by atoms with E-state index in [-0.39, 0.29) is 10.7 Å². The van der Waals surface area contributed by atoms with E-state index in [1.807, 2.05) is 13.0 Å². The van der Waals surface area contributed by atoms with Gasteiger partial charge in [0.25, 0.3) is 5.91 Å². The fourth-order valence-electron chi connectivity index (χ4n) is 1.67. The summed E-state index contributed by atoms with van der Waals surface area (Å²) in [5, 5.41) is 2.56. The van der Waals surface area contributed by atoms with Gasteiger partial charge in [0.15, 0.2) is 0 Å². The molecule has 2 rings (SSSR count). The van der Waals surface area contributed by atoms with Crippen molar-refractivity contribution >= 4 is 23.2 Å². The van der Waals surface area contributed by atoms with Crippen LogP contribution < -0.4 is 10.1 Å². The molecule has 1 aromatic carbocycles. The molecule has 4 nitrogen and oxygen atoms in total. The Morgan fingerprint density at radius 1 is 1.40 bits per heavy atom. The first-order chi connectivity index (χ1) is 9.51. The summed E-state index contributed by atoms with van der Waals surface area (Å²) in [5.41, 5.74) is 1.43. The van der Waals surface area contributed by atoms with Gasteiger partial charge >= 0.3 is 0 Å². The first-order valence-corrected chi connectivity index (χ1v) is 6.16. The van der Waals surface area contributed by atoms with Crippen LogP contribution in [-0.2, 0) is 0 Å². The second-order valence-electron chi connectivity index (χ2n) is 4.15. The zero-order valence-electron chi connectivity index (χ0n) is 10.9. The number of anilines is 1.